The fraction of sp³-hybridized carbons (Fsp3) is 0.478. The molecule has 0 heteroatoms. The van der Waals surface area contributed by atoms with Gasteiger partial charge in [0.2, 0.25) is 0 Å². The molecule has 0 aliphatic heterocycles. The van der Waals surface area contributed by atoms with E-state index in [2.05, 4.69) is 76.2 Å². The molecule has 1 aliphatic carbocycles. The van der Waals surface area contributed by atoms with Gasteiger partial charge in [-0.05, 0) is 65.2 Å². The van der Waals surface area contributed by atoms with Gasteiger partial charge >= 0.3 is 0 Å². The third-order valence-electron chi connectivity index (χ3n) is 5.16. The highest BCUT2D eigenvalue weighted by atomic mass is 14.3. The van der Waals surface area contributed by atoms with Crippen LogP contribution in [-0.2, 0) is 0 Å². The molecule has 0 unspecified atom stereocenters. The van der Waals surface area contributed by atoms with Gasteiger partial charge in [-0.15, -0.1) is 0 Å². The van der Waals surface area contributed by atoms with Crippen molar-refractivity contribution in [1.29, 1.82) is 0 Å². The zero-order valence-corrected chi connectivity index (χ0v) is 15.0. The lowest BCUT2D eigenvalue weighted by Gasteiger charge is -2.23. The Balaban J connectivity index is 1.77. The summed E-state index contributed by atoms with van der Waals surface area (Å²) in [5.74, 6) is 2.95. The van der Waals surface area contributed by atoms with Crippen molar-refractivity contribution in [2.24, 2.45) is 11.8 Å². The number of benzene rings is 2. The molecule has 0 aromatic heterocycles. The van der Waals surface area contributed by atoms with Gasteiger partial charge in [-0.3, -0.25) is 0 Å². The van der Waals surface area contributed by atoms with E-state index in [-0.39, 0.29) is 0 Å². The molecule has 0 bridgehead atoms. The molecule has 23 heavy (non-hydrogen) atoms. The van der Waals surface area contributed by atoms with E-state index in [0.29, 0.717) is 11.8 Å². The van der Waals surface area contributed by atoms with E-state index in [1.165, 1.54) is 41.5 Å². The van der Waals surface area contributed by atoms with E-state index in [0.717, 1.165) is 11.8 Å². The monoisotopic (exact) mass is 306 g/mol. The van der Waals surface area contributed by atoms with Crippen LogP contribution in [0.5, 0.6) is 0 Å². The Morgan fingerprint density at radius 2 is 1.30 bits per heavy atom. The maximum atomic E-state index is 2.34. The predicted molar refractivity (Wildman–Crippen MR) is 101 cm³/mol. The summed E-state index contributed by atoms with van der Waals surface area (Å²) in [7, 11) is 0. The normalized spacial score (nSPS) is 16.1. The molecule has 0 heterocycles. The Labute approximate surface area is 141 Å². The average Bonchev–Trinajstić information content (AvgIpc) is 3.37. The molecule has 1 saturated carbocycles. The molecule has 3 rings (SSSR count). The summed E-state index contributed by atoms with van der Waals surface area (Å²) in [6.07, 6.45) is 4.02. The maximum Gasteiger partial charge on any atom is -0.0136 e. The van der Waals surface area contributed by atoms with Gasteiger partial charge in [-0.1, -0.05) is 76.2 Å². The molecule has 1 atom stereocenters. The third kappa shape index (κ3) is 4.05. The minimum Gasteiger partial charge on any atom is -0.0628 e. The minimum atomic E-state index is 0.668. The van der Waals surface area contributed by atoms with Crippen LogP contribution in [0.1, 0.15) is 69.9 Å². The largest absolute Gasteiger partial charge is 0.0628 e. The number of rotatable bonds is 6. The Kier molecular flexibility index (Phi) is 4.90. The molecule has 0 radical (unpaired) electrons. The Bertz CT molecular complexity index is 612. The summed E-state index contributed by atoms with van der Waals surface area (Å²) < 4.78 is 0. The van der Waals surface area contributed by atoms with Gasteiger partial charge in [-0.25, -0.2) is 0 Å². The van der Waals surface area contributed by atoms with Gasteiger partial charge in [0.15, 0.2) is 0 Å². The lowest BCUT2D eigenvalue weighted by molar-refractivity contribution is 0.408. The molecule has 0 saturated heterocycles. The van der Waals surface area contributed by atoms with Crippen LogP contribution >= 0.6 is 0 Å². The number of hydrogen-bond acceptors (Lipinski definition) is 0. The molecule has 2 aromatic carbocycles. The summed E-state index contributed by atoms with van der Waals surface area (Å²) in [6, 6.07) is 18.5. The van der Waals surface area contributed by atoms with E-state index in [9.17, 15) is 0 Å². The quantitative estimate of drug-likeness (QED) is 0.538. The predicted octanol–water partition coefficient (Wildman–Crippen LogP) is 7.02. The van der Waals surface area contributed by atoms with Crippen LogP contribution in [0, 0.1) is 11.8 Å². The highest BCUT2D eigenvalue weighted by Crippen LogP contribution is 2.40. The van der Waals surface area contributed by atoms with E-state index in [4.69, 9.17) is 0 Å². The first-order valence-corrected chi connectivity index (χ1v) is 9.25. The van der Waals surface area contributed by atoms with Crippen molar-refractivity contribution in [3.05, 3.63) is 59.7 Å². The lowest BCUT2D eigenvalue weighted by Crippen LogP contribution is -2.09. The van der Waals surface area contributed by atoms with E-state index in [1.807, 2.05) is 0 Å². The zero-order chi connectivity index (χ0) is 16.4. The van der Waals surface area contributed by atoms with Crippen molar-refractivity contribution in [1.82, 2.24) is 0 Å². The average molecular weight is 306 g/mol. The van der Waals surface area contributed by atoms with E-state index in [1.54, 1.807) is 0 Å². The van der Waals surface area contributed by atoms with Crippen LogP contribution in [0.2, 0.25) is 0 Å². The van der Waals surface area contributed by atoms with Gasteiger partial charge < -0.3 is 0 Å². The van der Waals surface area contributed by atoms with Crippen molar-refractivity contribution in [2.45, 2.75) is 58.8 Å². The number of hydrogen-bond donors (Lipinski definition) is 0. The second-order valence-corrected chi connectivity index (χ2v) is 8.00. The first-order chi connectivity index (χ1) is 11.0. The molecule has 1 fully saturated rings. The van der Waals surface area contributed by atoms with E-state index >= 15 is 0 Å². The fourth-order valence-electron chi connectivity index (χ4n) is 3.59. The van der Waals surface area contributed by atoms with Crippen LogP contribution in [0.15, 0.2) is 48.5 Å². The van der Waals surface area contributed by atoms with Gasteiger partial charge in [0.05, 0.1) is 0 Å². The third-order valence-corrected chi connectivity index (χ3v) is 5.16. The van der Waals surface area contributed by atoms with Gasteiger partial charge in [0, 0.05) is 0 Å². The topological polar surface area (TPSA) is 0 Å². The molecule has 0 amide bonds. The molecule has 0 N–H and O–H groups in total. The maximum absolute atomic E-state index is 2.34. The fourth-order valence-corrected chi connectivity index (χ4v) is 3.59. The smallest absolute Gasteiger partial charge is 0.0136 e. The van der Waals surface area contributed by atoms with Crippen molar-refractivity contribution >= 4 is 0 Å². The van der Waals surface area contributed by atoms with Gasteiger partial charge in [-0.2, -0.15) is 0 Å². The van der Waals surface area contributed by atoms with Crippen LogP contribution in [0.25, 0.3) is 11.1 Å². The Morgan fingerprint density at radius 1 is 0.783 bits per heavy atom. The van der Waals surface area contributed by atoms with Crippen LogP contribution < -0.4 is 0 Å². The summed E-state index contributed by atoms with van der Waals surface area (Å²) in [6.45, 7) is 9.34. The van der Waals surface area contributed by atoms with Crippen molar-refractivity contribution in [2.75, 3.05) is 0 Å². The first kappa shape index (κ1) is 16.3. The second kappa shape index (κ2) is 6.91. The Morgan fingerprint density at radius 3 is 1.74 bits per heavy atom. The Hall–Kier alpha value is -1.56. The lowest BCUT2D eigenvalue weighted by atomic mass is 9.82. The van der Waals surface area contributed by atoms with Gasteiger partial charge in [0.1, 0.15) is 0 Å². The van der Waals surface area contributed by atoms with Crippen molar-refractivity contribution in [3.63, 3.8) is 0 Å². The molecular weight excluding hydrogens is 276 g/mol. The SMILES string of the molecule is CC(C)C[C@@H](c1ccc(-c2ccc(C3CC3)cc2)cc1)C(C)C. The minimum absolute atomic E-state index is 0.668. The molecule has 0 spiro atoms. The van der Waals surface area contributed by atoms with Crippen molar-refractivity contribution < 1.29 is 0 Å². The zero-order valence-electron chi connectivity index (χ0n) is 15.0. The standard InChI is InChI=1S/C23H30/c1-16(2)15-23(17(3)4)22-13-11-21(12-14-22)20-9-7-19(8-10-20)18-5-6-18/h7-14,16-18,23H,5-6,15H2,1-4H3/t23-/m1/s1. The second-order valence-electron chi connectivity index (χ2n) is 8.00. The highest BCUT2D eigenvalue weighted by molar-refractivity contribution is 5.64. The molecule has 0 nitrogen and oxygen atoms in total. The summed E-state index contributed by atoms with van der Waals surface area (Å²) in [4.78, 5) is 0. The van der Waals surface area contributed by atoms with E-state index < -0.39 is 0 Å². The highest BCUT2D eigenvalue weighted by Gasteiger charge is 2.23. The van der Waals surface area contributed by atoms with Crippen LogP contribution in [0.4, 0.5) is 0 Å². The summed E-state index contributed by atoms with van der Waals surface area (Å²) >= 11 is 0. The molecule has 122 valence electrons. The van der Waals surface area contributed by atoms with Crippen LogP contribution in [0.3, 0.4) is 0 Å². The van der Waals surface area contributed by atoms with Crippen LogP contribution in [-0.4, -0.2) is 0 Å². The molecule has 2 aromatic rings. The molecular formula is C23H30. The van der Waals surface area contributed by atoms with Gasteiger partial charge in [0.25, 0.3) is 0 Å². The summed E-state index contributed by atoms with van der Waals surface area (Å²) in [5, 5.41) is 0. The first-order valence-electron chi connectivity index (χ1n) is 9.25. The summed E-state index contributed by atoms with van der Waals surface area (Å²) in [5.41, 5.74) is 5.68. The molecule has 1 aliphatic rings. The van der Waals surface area contributed by atoms with Crippen molar-refractivity contribution in [3.8, 4) is 11.1 Å².